The molecule has 4 heterocycles. The molecule has 0 aliphatic carbocycles. The Hall–Kier alpha value is -2.85. The molecule has 0 bridgehead atoms. The number of nitrogens with zero attached hydrogens (tertiary/aromatic N) is 3. The van der Waals surface area contributed by atoms with Gasteiger partial charge in [0.15, 0.2) is 14.9 Å². The largest absolute Gasteiger partial charge is 0.490 e. The number of aryl methyl sites for hydroxylation is 1. The number of pyridine rings is 1. The zero-order valence-corrected chi connectivity index (χ0v) is 21.1. The standard InChI is InChI=1S/C25H31N3O6S/c1-17-12-18(14-26-23(17)35(3,30)31)28-9-11-33-22-5-4-19(13-21(22)28)34-20-6-8-27(15-20)24(29)25(2)7-10-32-16-25/h4-5,12-14,20H,6-11,15-16H2,1-3H3/t20-,25?/m0/s1. The van der Waals surface area contributed by atoms with Crippen LogP contribution >= 0.6 is 0 Å². The maximum Gasteiger partial charge on any atom is 0.231 e. The van der Waals surface area contributed by atoms with E-state index in [1.165, 1.54) is 0 Å². The molecule has 9 nitrogen and oxygen atoms in total. The molecule has 2 saturated heterocycles. The summed E-state index contributed by atoms with van der Waals surface area (Å²) in [6, 6.07) is 7.54. The second-order valence-electron chi connectivity index (χ2n) is 9.86. The zero-order valence-electron chi connectivity index (χ0n) is 20.3. The summed E-state index contributed by atoms with van der Waals surface area (Å²) in [7, 11) is -3.39. The van der Waals surface area contributed by atoms with Gasteiger partial charge in [-0.15, -0.1) is 0 Å². The molecule has 0 radical (unpaired) electrons. The first kappa shape index (κ1) is 23.9. The smallest absolute Gasteiger partial charge is 0.231 e. The summed E-state index contributed by atoms with van der Waals surface area (Å²) in [6.07, 6.45) is 4.19. The number of hydrogen-bond acceptors (Lipinski definition) is 8. The second-order valence-corrected chi connectivity index (χ2v) is 11.8. The van der Waals surface area contributed by atoms with E-state index in [1.807, 2.05) is 36.1 Å². The first-order chi connectivity index (χ1) is 16.6. The molecule has 35 heavy (non-hydrogen) atoms. The van der Waals surface area contributed by atoms with Gasteiger partial charge in [-0.25, -0.2) is 13.4 Å². The Kier molecular flexibility index (Phi) is 6.13. The lowest BCUT2D eigenvalue weighted by Gasteiger charge is -2.32. The van der Waals surface area contributed by atoms with Crippen molar-refractivity contribution >= 4 is 27.1 Å². The topological polar surface area (TPSA) is 98.3 Å². The summed E-state index contributed by atoms with van der Waals surface area (Å²) in [4.78, 5) is 21.2. The number of carbonyl (C=O) groups excluding carboxylic acids is 1. The predicted octanol–water partition coefficient (Wildman–Crippen LogP) is 2.73. The number of sulfone groups is 1. The maximum atomic E-state index is 13.0. The van der Waals surface area contributed by atoms with Crippen molar-refractivity contribution in [2.45, 2.75) is 37.8 Å². The van der Waals surface area contributed by atoms with Crippen molar-refractivity contribution in [2.24, 2.45) is 5.41 Å². The molecule has 1 amide bonds. The van der Waals surface area contributed by atoms with Crippen LogP contribution in [0.5, 0.6) is 11.5 Å². The minimum absolute atomic E-state index is 0.0844. The van der Waals surface area contributed by atoms with E-state index in [-0.39, 0.29) is 17.0 Å². The Balaban J connectivity index is 1.33. The van der Waals surface area contributed by atoms with Crippen molar-refractivity contribution in [3.8, 4) is 11.5 Å². The molecule has 1 unspecified atom stereocenters. The molecule has 1 aromatic carbocycles. The van der Waals surface area contributed by atoms with Gasteiger partial charge in [-0.1, -0.05) is 0 Å². The third kappa shape index (κ3) is 4.69. The summed E-state index contributed by atoms with van der Waals surface area (Å²) < 4.78 is 41.5. The summed E-state index contributed by atoms with van der Waals surface area (Å²) in [6.45, 7) is 7.18. The van der Waals surface area contributed by atoms with Crippen LogP contribution in [0.1, 0.15) is 25.3 Å². The van der Waals surface area contributed by atoms with Crippen LogP contribution in [0.3, 0.4) is 0 Å². The van der Waals surface area contributed by atoms with Crippen LogP contribution in [0, 0.1) is 12.3 Å². The van der Waals surface area contributed by atoms with Gasteiger partial charge < -0.3 is 24.0 Å². The number of likely N-dealkylation sites (tertiary alicyclic amines) is 1. The van der Waals surface area contributed by atoms with Crippen LogP contribution in [0.2, 0.25) is 0 Å². The fourth-order valence-corrected chi connectivity index (χ4v) is 5.93. The highest BCUT2D eigenvalue weighted by Gasteiger charge is 2.42. The van der Waals surface area contributed by atoms with Crippen LogP contribution in [-0.4, -0.2) is 76.0 Å². The lowest BCUT2D eigenvalue weighted by Crippen LogP contribution is -2.42. The van der Waals surface area contributed by atoms with Gasteiger partial charge in [0.05, 0.1) is 42.7 Å². The minimum atomic E-state index is -3.39. The van der Waals surface area contributed by atoms with Gasteiger partial charge in [-0.3, -0.25) is 4.79 Å². The molecule has 3 aliphatic rings. The van der Waals surface area contributed by atoms with E-state index in [9.17, 15) is 13.2 Å². The SMILES string of the molecule is Cc1cc(N2CCOc3ccc(O[C@H]4CCN(C(=O)C5(C)CCOC5)C4)cc32)cnc1S(C)(=O)=O. The molecule has 188 valence electrons. The van der Waals surface area contributed by atoms with E-state index >= 15 is 0 Å². The monoisotopic (exact) mass is 501 g/mol. The quantitative estimate of drug-likeness (QED) is 0.617. The van der Waals surface area contributed by atoms with E-state index in [0.29, 0.717) is 50.8 Å². The highest BCUT2D eigenvalue weighted by atomic mass is 32.2. The van der Waals surface area contributed by atoms with Crippen molar-refractivity contribution in [3.05, 3.63) is 36.0 Å². The second kappa shape index (κ2) is 8.98. The molecule has 2 fully saturated rings. The average Bonchev–Trinajstić information content (AvgIpc) is 3.47. The van der Waals surface area contributed by atoms with Crippen molar-refractivity contribution in [3.63, 3.8) is 0 Å². The Morgan fingerprint density at radius 2 is 2.06 bits per heavy atom. The van der Waals surface area contributed by atoms with Crippen LogP contribution in [0.4, 0.5) is 11.4 Å². The van der Waals surface area contributed by atoms with Gasteiger partial charge in [0.1, 0.15) is 24.2 Å². The fraction of sp³-hybridized carbons (Fsp3) is 0.520. The summed E-state index contributed by atoms with van der Waals surface area (Å²) >= 11 is 0. The molecule has 10 heteroatoms. The van der Waals surface area contributed by atoms with Gasteiger partial charge in [0.25, 0.3) is 0 Å². The van der Waals surface area contributed by atoms with E-state index in [4.69, 9.17) is 14.2 Å². The van der Waals surface area contributed by atoms with Gasteiger partial charge in [-0.2, -0.15) is 0 Å². The molecular weight excluding hydrogens is 470 g/mol. The Morgan fingerprint density at radius 3 is 2.77 bits per heavy atom. The fourth-order valence-electron chi connectivity index (χ4n) is 5.04. The van der Waals surface area contributed by atoms with Crippen LogP contribution in [0.25, 0.3) is 0 Å². The van der Waals surface area contributed by atoms with Crippen LogP contribution in [-0.2, 0) is 19.4 Å². The first-order valence-electron chi connectivity index (χ1n) is 11.9. The molecule has 1 aromatic heterocycles. The van der Waals surface area contributed by atoms with Crippen molar-refractivity contribution in [1.29, 1.82) is 0 Å². The van der Waals surface area contributed by atoms with Crippen molar-refractivity contribution in [1.82, 2.24) is 9.88 Å². The lowest BCUT2D eigenvalue weighted by atomic mass is 9.88. The highest BCUT2D eigenvalue weighted by molar-refractivity contribution is 7.90. The van der Waals surface area contributed by atoms with E-state index < -0.39 is 15.3 Å². The summed E-state index contributed by atoms with van der Waals surface area (Å²) in [5.74, 6) is 1.57. The average molecular weight is 502 g/mol. The highest BCUT2D eigenvalue weighted by Crippen LogP contribution is 2.40. The normalized spacial score (nSPS) is 24.3. The molecule has 0 saturated carbocycles. The zero-order chi connectivity index (χ0) is 24.8. The van der Waals surface area contributed by atoms with Gasteiger partial charge in [-0.05, 0) is 44.0 Å². The van der Waals surface area contributed by atoms with Crippen molar-refractivity contribution < 1.29 is 27.4 Å². The molecule has 0 spiro atoms. The number of benzene rings is 1. The number of anilines is 2. The Morgan fingerprint density at radius 1 is 1.23 bits per heavy atom. The predicted molar refractivity (Wildman–Crippen MR) is 130 cm³/mol. The van der Waals surface area contributed by atoms with Crippen LogP contribution in [0.15, 0.2) is 35.5 Å². The summed E-state index contributed by atoms with van der Waals surface area (Å²) in [5.41, 5.74) is 1.80. The van der Waals surface area contributed by atoms with Crippen molar-refractivity contribution in [2.75, 3.05) is 50.6 Å². The lowest BCUT2D eigenvalue weighted by molar-refractivity contribution is -0.140. The van der Waals surface area contributed by atoms with Gasteiger partial charge in [0.2, 0.25) is 5.91 Å². The van der Waals surface area contributed by atoms with Gasteiger partial charge >= 0.3 is 0 Å². The number of aromatic nitrogens is 1. The summed E-state index contributed by atoms with van der Waals surface area (Å²) in [5, 5.41) is 0.0881. The molecular formula is C25H31N3O6S. The van der Waals surface area contributed by atoms with Crippen LogP contribution < -0.4 is 14.4 Å². The number of fused-ring (bicyclic) bond motifs is 1. The number of carbonyl (C=O) groups is 1. The Bertz CT molecular complexity index is 1240. The number of hydrogen-bond donors (Lipinski definition) is 0. The number of rotatable bonds is 5. The maximum absolute atomic E-state index is 13.0. The number of ether oxygens (including phenoxy) is 3. The molecule has 0 N–H and O–H groups in total. The Labute approximate surface area is 205 Å². The molecule has 2 atom stereocenters. The third-order valence-corrected chi connectivity index (χ3v) is 8.07. The number of amides is 1. The molecule has 3 aliphatic heterocycles. The molecule has 5 rings (SSSR count). The van der Waals surface area contributed by atoms with Gasteiger partial charge in [0, 0.05) is 31.9 Å². The first-order valence-corrected chi connectivity index (χ1v) is 13.8. The third-order valence-electron chi connectivity index (χ3n) is 6.94. The minimum Gasteiger partial charge on any atom is -0.490 e. The van der Waals surface area contributed by atoms with E-state index in [2.05, 4.69) is 9.88 Å². The van der Waals surface area contributed by atoms with E-state index in [0.717, 1.165) is 36.2 Å². The molecule has 2 aromatic rings. The van der Waals surface area contributed by atoms with E-state index in [1.54, 1.807) is 13.1 Å².